The van der Waals surface area contributed by atoms with Crippen LogP contribution in [0.15, 0.2) is 36.7 Å². The van der Waals surface area contributed by atoms with Gasteiger partial charge in [-0.2, -0.15) is 5.10 Å². The molecule has 84 valence electrons. The van der Waals surface area contributed by atoms with Crippen LogP contribution in [0.2, 0.25) is 5.02 Å². The van der Waals surface area contributed by atoms with E-state index in [9.17, 15) is 4.39 Å². The van der Waals surface area contributed by atoms with E-state index in [-0.39, 0.29) is 5.02 Å². The molecule has 0 saturated carbocycles. The molecule has 0 aliphatic heterocycles. The fraction of sp³-hybridized carbons (Fsp3) is 0. The van der Waals surface area contributed by atoms with Gasteiger partial charge in [0.1, 0.15) is 11.3 Å². The molecule has 0 atom stereocenters. The molecule has 0 aliphatic carbocycles. The van der Waals surface area contributed by atoms with Crippen molar-refractivity contribution in [2.75, 3.05) is 0 Å². The minimum atomic E-state index is -0.425. The summed E-state index contributed by atoms with van der Waals surface area (Å²) in [5.41, 5.74) is 3.31. The molecule has 0 aliphatic rings. The van der Waals surface area contributed by atoms with Crippen LogP contribution in [0.1, 0.15) is 0 Å². The second-order valence-corrected chi connectivity index (χ2v) is 4.06. The Morgan fingerprint density at radius 1 is 1.12 bits per heavy atom. The molecule has 0 fully saturated rings. The first-order valence-corrected chi connectivity index (χ1v) is 5.36. The lowest BCUT2D eigenvalue weighted by Gasteiger charge is -2.02. The highest BCUT2D eigenvalue weighted by Crippen LogP contribution is 2.25. The van der Waals surface area contributed by atoms with Crippen LogP contribution in [0, 0.1) is 5.82 Å². The summed E-state index contributed by atoms with van der Waals surface area (Å²) in [6, 6.07) is 6.49. The lowest BCUT2D eigenvalue weighted by atomic mass is 10.1. The minimum Gasteiger partial charge on any atom is -0.276 e. The Kier molecular flexibility index (Phi) is 2.30. The Labute approximate surface area is 101 Å². The van der Waals surface area contributed by atoms with Crippen molar-refractivity contribution in [2.45, 2.75) is 0 Å². The summed E-state index contributed by atoms with van der Waals surface area (Å²) in [6.45, 7) is 0. The molecule has 0 radical (unpaired) electrons. The number of pyridine rings is 1. The molecule has 0 saturated heterocycles. The van der Waals surface area contributed by atoms with Crippen LogP contribution < -0.4 is 0 Å². The van der Waals surface area contributed by atoms with Gasteiger partial charge in [-0.3, -0.25) is 10.1 Å². The van der Waals surface area contributed by atoms with Gasteiger partial charge in [0.2, 0.25) is 0 Å². The van der Waals surface area contributed by atoms with Gasteiger partial charge in [-0.15, -0.1) is 0 Å². The molecule has 0 amide bonds. The maximum Gasteiger partial charge on any atom is 0.141 e. The van der Waals surface area contributed by atoms with E-state index in [2.05, 4.69) is 15.2 Å². The average molecular weight is 248 g/mol. The van der Waals surface area contributed by atoms with E-state index in [1.54, 1.807) is 24.5 Å². The van der Waals surface area contributed by atoms with Crippen LogP contribution in [-0.2, 0) is 0 Å². The Hall–Kier alpha value is -1.94. The molecule has 5 heteroatoms. The van der Waals surface area contributed by atoms with E-state index in [0.29, 0.717) is 0 Å². The smallest absolute Gasteiger partial charge is 0.141 e. The van der Waals surface area contributed by atoms with Gasteiger partial charge in [0.25, 0.3) is 0 Å². The van der Waals surface area contributed by atoms with Gasteiger partial charge in [0.05, 0.1) is 16.7 Å². The molecule has 1 N–H and O–H groups in total. The molecule has 1 aromatic carbocycles. The van der Waals surface area contributed by atoms with Crippen molar-refractivity contribution in [3.63, 3.8) is 0 Å². The minimum absolute atomic E-state index is 0.104. The van der Waals surface area contributed by atoms with E-state index < -0.39 is 5.82 Å². The first-order chi connectivity index (χ1) is 8.24. The van der Waals surface area contributed by atoms with Gasteiger partial charge in [0, 0.05) is 11.8 Å². The number of H-pyrrole nitrogens is 1. The van der Waals surface area contributed by atoms with Crippen LogP contribution in [0.4, 0.5) is 4.39 Å². The second kappa shape index (κ2) is 3.82. The van der Waals surface area contributed by atoms with E-state index in [1.165, 1.54) is 6.07 Å². The predicted molar refractivity (Wildman–Crippen MR) is 64.3 cm³/mol. The van der Waals surface area contributed by atoms with Gasteiger partial charge in [-0.1, -0.05) is 17.7 Å². The lowest BCUT2D eigenvalue weighted by molar-refractivity contribution is 0.628. The third kappa shape index (κ3) is 1.76. The highest BCUT2D eigenvalue weighted by atomic mass is 35.5. The molecule has 3 aromatic rings. The number of nitrogens with one attached hydrogen (secondary N) is 1. The number of hydrogen-bond acceptors (Lipinski definition) is 2. The van der Waals surface area contributed by atoms with Crippen molar-refractivity contribution in [3.8, 4) is 11.1 Å². The third-order valence-electron chi connectivity index (χ3n) is 2.54. The number of aromatic amines is 1. The zero-order valence-corrected chi connectivity index (χ0v) is 9.37. The first kappa shape index (κ1) is 10.2. The summed E-state index contributed by atoms with van der Waals surface area (Å²) in [4.78, 5) is 4.24. The van der Waals surface area contributed by atoms with Crippen molar-refractivity contribution < 1.29 is 4.39 Å². The highest BCUT2D eigenvalue weighted by molar-refractivity contribution is 6.31. The fourth-order valence-corrected chi connectivity index (χ4v) is 1.84. The largest absolute Gasteiger partial charge is 0.276 e. The number of halogens is 2. The third-order valence-corrected chi connectivity index (χ3v) is 2.83. The normalized spacial score (nSPS) is 10.9. The number of fused-ring (bicyclic) bond motifs is 1. The molecular formula is C12H7ClFN3. The molecule has 2 aromatic heterocycles. The maximum atomic E-state index is 13.1. The number of benzene rings is 1. The fourth-order valence-electron chi connectivity index (χ4n) is 1.66. The van der Waals surface area contributed by atoms with Crippen molar-refractivity contribution >= 4 is 22.6 Å². The number of rotatable bonds is 1. The standard InChI is InChI=1S/C12H7ClFN3/c13-9-3-7(1-2-10(9)14)8-4-11-12(15-5-8)6-16-17-11/h1-6H,(H,16,17). The summed E-state index contributed by atoms with van der Waals surface area (Å²) >= 11 is 5.75. The number of nitrogens with zero attached hydrogens (tertiary/aromatic N) is 2. The number of aromatic nitrogens is 3. The first-order valence-electron chi connectivity index (χ1n) is 4.98. The Bertz CT molecular complexity index is 693. The molecule has 0 bridgehead atoms. The van der Waals surface area contributed by atoms with Crippen LogP contribution in [0.3, 0.4) is 0 Å². The zero-order valence-electron chi connectivity index (χ0n) is 8.61. The predicted octanol–water partition coefficient (Wildman–Crippen LogP) is 3.42. The van der Waals surface area contributed by atoms with E-state index in [0.717, 1.165) is 22.2 Å². The summed E-state index contributed by atoms with van der Waals surface area (Å²) in [7, 11) is 0. The van der Waals surface area contributed by atoms with Gasteiger partial charge >= 0.3 is 0 Å². The van der Waals surface area contributed by atoms with Crippen molar-refractivity contribution in [1.29, 1.82) is 0 Å². The molecule has 0 spiro atoms. The summed E-state index contributed by atoms with van der Waals surface area (Å²) < 4.78 is 13.1. The Morgan fingerprint density at radius 3 is 2.82 bits per heavy atom. The van der Waals surface area contributed by atoms with Crippen LogP contribution >= 0.6 is 11.6 Å². The maximum absolute atomic E-state index is 13.1. The molecule has 3 rings (SSSR count). The van der Waals surface area contributed by atoms with E-state index in [4.69, 9.17) is 11.6 Å². The Balaban J connectivity index is 2.16. The second-order valence-electron chi connectivity index (χ2n) is 3.66. The van der Waals surface area contributed by atoms with E-state index >= 15 is 0 Å². The SMILES string of the molecule is Fc1ccc(-c2cnc3cn[nH]c3c2)cc1Cl. The van der Waals surface area contributed by atoms with Gasteiger partial charge in [-0.25, -0.2) is 4.39 Å². The highest BCUT2D eigenvalue weighted by Gasteiger charge is 2.05. The van der Waals surface area contributed by atoms with Crippen LogP contribution in [0.25, 0.3) is 22.2 Å². The van der Waals surface area contributed by atoms with Gasteiger partial charge in [0.15, 0.2) is 0 Å². The van der Waals surface area contributed by atoms with Crippen LogP contribution in [0.5, 0.6) is 0 Å². The average Bonchev–Trinajstić information content (AvgIpc) is 2.79. The molecule has 3 nitrogen and oxygen atoms in total. The Morgan fingerprint density at radius 2 is 2.00 bits per heavy atom. The van der Waals surface area contributed by atoms with Crippen molar-refractivity contribution in [1.82, 2.24) is 15.2 Å². The summed E-state index contributed by atoms with van der Waals surface area (Å²) in [5.74, 6) is -0.425. The molecule has 2 heterocycles. The molecular weight excluding hydrogens is 241 g/mol. The van der Waals surface area contributed by atoms with Crippen LogP contribution in [-0.4, -0.2) is 15.2 Å². The zero-order chi connectivity index (χ0) is 11.8. The molecule has 0 unspecified atom stereocenters. The topological polar surface area (TPSA) is 41.6 Å². The molecule has 17 heavy (non-hydrogen) atoms. The number of hydrogen-bond donors (Lipinski definition) is 1. The van der Waals surface area contributed by atoms with Crippen molar-refractivity contribution in [2.24, 2.45) is 0 Å². The quantitative estimate of drug-likeness (QED) is 0.716. The van der Waals surface area contributed by atoms with E-state index in [1.807, 2.05) is 6.07 Å². The van der Waals surface area contributed by atoms with Gasteiger partial charge in [-0.05, 0) is 23.8 Å². The lowest BCUT2D eigenvalue weighted by Crippen LogP contribution is -1.83. The summed E-state index contributed by atoms with van der Waals surface area (Å²) in [6.07, 6.45) is 3.36. The summed E-state index contributed by atoms with van der Waals surface area (Å²) in [5, 5.41) is 6.83. The monoisotopic (exact) mass is 247 g/mol. The van der Waals surface area contributed by atoms with Crippen molar-refractivity contribution in [3.05, 3.63) is 47.5 Å². The van der Waals surface area contributed by atoms with Gasteiger partial charge < -0.3 is 0 Å².